The van der Waals surface area contributed by atoms with Crippen LogP contribution in [0.4, 0.5) is 23.7 Å². The second kappa shape index (κ2) is 14.2. The number of anilines is 1. The first kappa shape index (κ1) is 33.0. The van der Waals surface area contributed by atoms with Crippen LogP contribution in [-0.2, 0) is 38.2 Å². The molecule has 1 saturated heterocycles. The van der Waals surface area contributed by atoms with Gasteiger partial charge in [0.2, 0.25) is 0 Å². The summed E-state index contributed by atoms with van der Waals surface area (Å²) >= 11 is 0. The first-order chi connectivity index (χ1) is 20.8. The Kier molecular flexibility index (Phi) is 10.7. The van der Waals surface area contributed by atoms with Crippen molar-refractivity contribution in [3.05, 3.63) is 95.1 Å². The van der Waals surface area contributed by atoms with Crippen molar-refractivity contribution in [1.82, 2.24) is 5.32 Å². The maximum atomic E-state index is 13.1. The van der Waals surface area contributed by atoms with Crippen molar-refractivity contribution in [2.75, 3.05) is 18.5 Å². The van der Waals surface area contributed by atoms with Gasteiger partial charge in [-0.15, -0.1) is 0 Å². The summed E-state index contributed by atoms with van der Waals surface area (Å²) in [5.41, 5.74) is 4.86. The van der Waals surface area contributed by atoms with Gasteiger partial charge < -0.3 is 30.2 Å². The summed E-state index contributed by atoms with van der Waals surface area (Å²) in [5.74, 6) is -3.06. The molecule has 0 saturated carbocycles. The predicted octanol–water partition coefficient (Wildman–Crippen LogP) is 2.92. The highest BCUT2D eigenvalue weighted by atomic mass is 32.2. The summed E-state index contributed by atoms with van der Waals surface area (Å²) in [4.78, 5) is 22.9. The molecule has 2 aliphatic heterocycles. The molecule has 13 heteroatoms. The number of ether oxygens (including phenoxy) is 1. The van der Waals surface area contributed by atoms with Crippen LogP contribution in [0.15, 0.2) is 77.7 Å². The van der Waals surface area contributed by atoms with Crippen LogP contribution < -0.4 is 20.6 Å². The molecule has 3 N–H and O–H groups in total. The smallest absolute Gasteiger partial charge is 0.430 e. The number of urea groups is 1. The molecule has 9 nitrogen and oxygen atoms in total. The van der Waals surface area contributed by atoms with Crippen LogP contribution >= 0.6 is 0 Å². The van der Waals surface area contributed by atoms with Crippen LogP contribution in [0.2, 0.25) is 0 Å². The summed E-state index contributed by atoms with van der Waals surface area (Å²) < 4.78 is 63.6. The van der Waals surface area contributed by atoms with Crippen molar-refractivity contribution >= 4 is 27.5 Å². The first-order valence-corrected chi connectivity index (χ1v) is 15.7. The van der Waals surface area contributed by atoms with E-state index in [1.807, 2.05) is 49.4 Å². The fourth-order valence-electron chi connectivity index (χ4n) is 5.22. The molecule has 236 valence electrons. The summed E-state index contributed by atoms with van der Waals surface area (Å²) in [5, 5.41) is 14.4. The van der Waals surface area contributed by atoms with Crippen molar-refractivity contribution in [1.29, 1.82) is 0 Å². The molecule has 2 aliphatic rings. The van der Waals surface area contributed by atoms with Crippen molar-refractivity contribution < 1.29 is 45.9 Å². The molecule has 3 unspecified atom stereocenters. The number of halogens is 3. The number of hydrogen-bond donors (Lipinski definition) is 3. The summed E-state index contributed by atoms with van der Waals surface area (Å²) in [7, 11) is -3.52. The third-order valence-corrected chi connectivity index (χ3v) is 9.10. The van der Waals surface area contributed by atoms with E-state index in [4.69, 9.17) is 14.6 Å². The molecule has 0 radical (unpaired) electrons. The van der Waals surface area contributed by atoms with Gasteiger partial charge >= 0.3 is 12.2 Å². The lowest BCUT2D eigenvalue weighted by Crippen LogP contribution is -3.08. The Hall–Kier alpha value is -3.94. The van der Waals surface area contributed by atoms with Crippen molar-refractivity contribution in [2.45, 2.75) is 61.8 Å². The Morgan fingerprint density at radius 1 is 1.02 bits per heavy atom. The molecule has 0 aliphatic carbocycles. The van der Waals surface area contributed by atoms with Crippen LogP contribution in [0.1, 0.15) is 48.1 Å². The molecule has 44 heavy (non-hydrogen) atoms. The second-order valence-corrected chi connectivity index (χ2v) is 12.8. The molecule has 5 rings (SSSR count). The van der Waals surface area contributed by atoms with Gasteiger partial charge in [-0.3, -0.25) is 0 Å². The highest BCUT2D eigenvalue weighted by Gasteiger charge is 2.29. The fourth-order valence-corrected chi connectivity index (χ4v) is 6.55. The van der Waals surface area contributed by atoms with E-state index in [2.05, 4.69) is 16.7 Å². The van der Waals surface area contributed by atoms with E-state index in [1.165, 1.54) is 16.0 Å². The van der Waals surface area contributed by atoms with Crippen molar-refractivity contribution in [3.8, 4) is 0 Å². The minimum Gasteiger partial charge on any atom is -0.542 e. The summed E-state index contributed by atoms with van der Waals surface area (Å²) in [6.45, 7) is 5.66. The van der Waals surface area contributed by atoms with Crippen LogP contribution in [0.25, 0.3) is 0 Å². The molecule has 3 aromatic rings. The highest BCUT2D eigenvalue weighted by molar-refractivity contribution is 7.90. The maximum absolute atomic E-state index is 13.1. The van der Waals surface area contributed by atoms with Crippen LogP contribution in [0, 0.1) is 0 Å². The minimum atomic E-state index is -5.19. The number of carbonyl (C=O) groups is 2. The molecule has 1 fully saturated rings. The summed E-state index contributed by atoms with van der Waals surface area (Å²) in [6, 6.07) is 21.6. The number of fused-ring (bicyclic) bond motifs is 1. The zero-order valence-corrected chi connectivity index (χ0v) is 24.8. The van der Waals surface area contributed by atoms with Crippen LogP contribution in [0.3, 0.4) is 0 Å². The van der Waals surface area contributed by atoms with Gasteiger partial charge in [-0.25, -0.2) is 13.2 Å². The molecule has 0 bridgehead atoms. The van der Waals surface area contributed by atoms with Gasteiger partial charge in [0.15, 0.2) is 9.84 Å². The van der Waals surface area contributed by atoms with Gasteiger partial charge in [0, 0.05) is 23.4 Å². The molecular formula is C31H34F3N3O6S. The Labute approximate surface area is 253 Å². The second-order valence-electron chi connectivity index (χ2n) is 10.8. The number of carboxylic acid groups (broad SMARTS) is 1. The standard InChI is InChI=1S/C29H33N3O4S.C2HF3O2/c1-21(23-6-3-2-4-7-23)30-29(33)31-26-11-13-28(14-12-26)37(34,35)20-22-9-10-24-17-32(18-25(24)16-22)19-27-8-5-15-36-27;3-2(4,5)1(6)7/h2-4,6-7,9-14,16,21,27H,5,8,15,17-20H2,1H3,(H2,30,31,33);(H,6,7). The lowest BCUT2D eigenvalue weighted by Gasteiger charge is -2.16. The lowest BCUT2D eigenvalue weighted by molar-refractivity contribution is -0.923. The van der Waals surface area contributed by atoms with Crippen LogP contribution in [0.5, 0.6) is 0 Å². The number of quaternary nitrogens is 1. The van der Waals surface area contributed by atoms with E-state index >= 15 is 0 Å². The van der Waals surface area contributed by atoms with E-state index in [0.717, 1.165) is 50.2 Å². The number of carboxylic acids is 1. The normalized spacial score (nSPS) is 18.5. The summed E-state index contributed by atoms with van der Waals surface area (Å²) in [6.07, 6.45) is -2.57. The number of rotatable bonds is 8. The van der Waals surface area contributed by atoms with Gasteiger partial charge in [0.25, 0.3) is 0 Å². The van der Waals surface area contributed by atoms with Gasteiger partial charge in [-0.2, -0.15) is 13.2 Å². The number of aliphatic carboxylic acids is 1. The maximum Gasteiger partial charge on any atom is 0.430 e. The van der Waals surface area contributed by atoms with E-state index in [-0.39, 0.29) is 22.7 Å². The van der Waals surface area contributed by atoms with E-state index < -0.39 is 22.0 Å². The fraction of sp³-hybridized carbons (Fsp3) is 0.355. The molecule has 3 atom stereocenters. The minimum absolute atomic E-state index is 0.0524. The van der Waals surface area contributed by atoms with Crippen molar-refractivity contribution in [3.63, 3.8) is 0 Å². The molecule has 0 spiro atoms. The monoisotopic (exact) mass is 633 g/mol. The van der Waals surface area contributed by atoms with E-state index in [1.54, 1.807) is 24.3 Å². The number of nitrogens with one attached hydrogen (secondary N) is 3. The third kappa shape index (κ3) is 9.28. The Morgan fingerprint density at radius 2 is 1.68 bits per heavy atom. The number of hydrogen-bond acceptors (Lipinski definition) is 6. The number of alkyl halides is 3. The van der Waals surface area contributed by atoms with Crippen molar-refractivity contribution in [2.24, 2.45) is 0 Å². The third-order valence-electron chi connectivity index (χ3n) is 7.40. The molecule has 3 aromatic carbocycles. The zero-order valence-electron chi connectivity index (χ0n) is 24.0. The molecule has 2 amide bonds. The number of benzene rings is 3. The highest BCUT2D eigenvalue weighted by Crippen LogP contribution is 2.22. The molecular weight excluding hydrogens is 599 g/mol. The van der Waals surface area contributed by atoms with Gasteiger partial charge in [0.1, 0.15) is 31.7 Å². The average Bonchev–Trinajstić information content (AvgIpc) is 3.63. The first-order valence-electron chi connectivity index (χ1n) is 14.1. The zero-order chi connectivity index (χ0) is 31.9. The van der Waals surface area contributed by atoms with Crippen LogP contribution in [-0.4, -0.2) is 45.9 Å². The van der Waals surface area contributed by atoms with E-state index in [0.29, 0.717) is 11.8 Å². The van der Waals surface area contributed by atoms with E-state index in [9.17, 15) is 26.4 Å². The SMILES string of the molecule is CC(NC(=O)Nc1ccc(S(=O)(=O)Cc2ccc3c(c2)C[NH+](CC2CCCO2)C3)cc1)c1ccccc1.O=C([O-])C(F)(F)F. The van der Waals surface area contributed by atoms with Gasteiger partial charge in [-0.05, 0) is 61.2 Å². The number of carbonyl (C=O) groups excluding carboxylic acids is 2. The largest absolute Gasteiger partial charge is 0.542 e. The van der Waals surface area contributed by atoms with Gasteiger partial charge in [0.05, 0.1) is 16.7 Å². The predicted molar refractivity (Wildman–Crippen MR) is 154 cm³/mol. The Bertz CT molecular complexity index is 1540. The topological polar surface area (TPSA) is 129 Å². The average molecular weight is 634 g/mol. The number of sulfone groups is 1. The lowest BCUT2D eigenvalue weighted by atomic mass is 10.1. The quantitative estimate of drug-likeness (QED) is 0.350. The van der Waals surface area contributed by atoms with Gasteiger partial charge in [-0.1, -0.05) is 42.5 Å². The molecule has 0 aromatic heterocycles. The number of amides is 2. The Balaban J connectivity index is 0.000000566. The Morgan fingerprint density at radius 3 is 2.30 bits per heavy atom. The molecule has 2 heterocycles.